The van der Waals surface area contributed by atoms with E-state index in [-0.39, 0.29) is 11.9 Å². The topological polar surface area (TPSA) is 41.6 Å². The Kier molecular flexibility index (Phi) is 6.51. The van der Waals surface area contributed by atoms with Crippen molar-refractivity contribution < 1.29 is 9.53 Å². The van der Waals surface area contributed by atoms with Crippen LogP contribution in [0.3, 0.4) is 0 Å². The first-order valence-corrected chi connectivity index (χ1v) is 9.78. The molecule has 3 rings (SSSR count). The summed E-state index contributed by atoms with van der Waals surface area (Å²) >= 11 is 0. The Hall–Kier alpha value is -2.33. The Balaban J connectivity index is 1.55. The fraction of sp³-hybridized carbons (Fsp3) is 0.435. The van der Waals surface area contributed by atoms with E-state index in [0.29, 0.717) is 13.1 Å². The van der Waals surface area contributed by atoms with Crippen molar-refractivity contribution in [2.45, 2.75) is 45.2 Å². The van der Waals surface area contributed by atoms with Crippen LogP contribution in [-0.2, 0) is 24.2 Å². The van der Waals surface area contributed by atoms with Gasteiger partial charge >= 0.3 is 0 Å². The van der Waals surface area contributed by atoms with E-state index >= 15 is 0 Å². The number of hydrogen-bond donors (Lipinski definition) is 1. The van der Waals surface area contributed by atoms with E-state index in [9.17, 15) is 4.79 Å². The molecule has 4 heteroatoms. The molecule has 0 saturated carbocycles. The molecule has 2 aromatic carbocycles. The van der Waals surface area contributed by atoms with E-state index in [4.69, 9.17) is 4.74 Å². The standard InChI is InChI=1S/C23H30N2O2/c1-17(19-13-12-18-8-4-5-9-20(18)14-19)24-23(26)16-25(2)15-21-10-6-7-11-22(21)27-3/h6-7,10-14,17H,4-5,8-9,15-16H2,1-3H3,(H,24,26). The summed E-state index contributed by atoms with van der Waals surface area (Å²) in [5.74, 6) is 0.893. The van der Waals surface area contributed by atoms with Gasteiger partial charge < -0.3 is 10.1 Å². The molecule has 1 N–H and O–H groups in total. The number of hydrogen-bond acceptors (Lipinski definition) is 3. The normalized spacial score (nSPS) is 14.5. The fourth-order valence-corrected chi connectivity index (χ4v) is 3.82. The third-order valence-electron chi connectivity index (χ3n) is 5.30. The van der Waals surface area contributed by atoms with E-state index in [2.05, 4.69) is 30.4 Å². The van der Waals surface area contributed by atoms with Crippen LogP contribution in [-0.4, -0.2) is 31.5 Å². The minimum atomic E-state index is 0.0180. The van der Waals surface area contributed by atoms with Crippen LogP contribution >= 0.6 is 0 Å². The number of rotatable bonds is 7. The molecule has 2 aromatic rings. The molecule has 0 fully saturated rings. The molecule has 0 radical (unpaired) electrons. The van der Waals surface area contributed by atoms with Crippen LogP contribution in [0, 0.1) is 0 Å². The molecule has 4 nitrogen and oxygen atoms in total. The quantitative estimate of drug-likeness (QED) is 0.808. The van der Waals surface area contributed by atoms with E-state index in [1.165, 1.54) is 36.0 Å². The number of carbonyl (C=O) groups excluding carboxylic acids is 1. The SMILES string of the molecule is COc1ccccc1CN(C)CC(=O)NC(C)c1ccc2c(c1)CCCC2. The highest BCUT2D eigenvalue weighted by molar-refractivity contribution is 5.78. The zero-order valence-corrected chi connectivity index (χ0v) is 16.6. The Morgan fingerprint density at radius 3 is 2.67 bits per heavy atom. The lowest BCUT2D eigenvalue weighted by molar-refractivity contribution is -0.122. The summed E-state index contributed by atoms with van der Waals surface area (Å²) in [6, 6.07) is 14.6. The summed E-state index contributed by atoms with van der Waals surface area (Å²) in [7, 11) is 3.63. The molecule has 27 heavy (non-hydrogen) atoms. The monoisotopic (exact) mass is 366 g/mol. The van der Waals surface area contributed by atoms with Crippen LogP contribution in [0.4, 0.5) is 0 Å². The second-order valence-electron chi connectivity index (χ2n) is 7.51. The van der Waals surface area contributed by atoms with Gasteiger partial charge in [-0.05, 0) is 62.4 Å². The van der Waals surface area contributed by atoms with E-state index in [0.717, 1.165) is 17.7 Å². The van der Waals surface area contributed by atoms with Crippen LogP contribution in [0.5, 0.6) is 5.75 Å². The summed E-state index contributed by atoms with van der Waals surface area (Å²) < 4.78 is 5.39. The van der Waals surface area contributed by atoms with Crippen molar-refractivity contribution in [3.05, 3.63) is 64.7 Å². The Morgan fingerprint density at radius 1 is 1.15 bits per heavy atom. The summed E-state index contributed by atoms with van der Waals surface area (Å²) in [6.07, 6.45) is 4.90. The van der Waals surface area contributed by atoms with Crippen molar-refractivity contribution in [1.29, 1.82) is 0 Å². The maximum atomic E-state index is 12.5. The molecular weight excluding hydrogens is 336 g/mol. The Bertz CT molecular complexity index is 788. The van der Waals surface area contributed by atoms with Gasteiger partial charge in [-0.3, -0.25) is 9.69 Å². The van der Waals surface area contributed by atoms with Crippen LogP contribution in [0.15, 0.2) is 42.5 Å². The summed E-state index contributed by atoms with van der Waals surface area (Å²) in [5, 5.41) is 3.14. The number of aryl methyl sites for hydroxylation is 2. The third kappa shape index (κ3) is 5.10. The maximum Gasteiger partial charge on any atom is 0.234 e. The van der Waals surface area contributed by atoms with Gasteiger partial charge in [-0.15, -0.1) is 0 Å². The average Bonchev–Trinajstić information content (AvgIpc) is 2.67. The highest BCUT2D eigenvalue weighted by Crippen LogP contribution is 2.25. The third-order valence-corrected chi connectivity index (χ3v) is 5.30. The van der Waals surface area contributed by atoms with Crippen LogP contribution < -0.4 is 10.1 Å². The molecular formula is C23H30N2O2. The lowest BCUT2D eigenvalue weighted by Gasteiger charge is -2.22. The predicted octanol–water partition coefficient (Wildman–Crippen LogP) is 3.88. The highest BCUT2D eigenvalue weighted by Gasteiger charge is 2.15. The lowest BCUT2D eigenvalue weighted by Crippen LogP contribution is -2.36. The number of carbonyl (C=O) groups is 1. The summed E-state index contributed by atoms with van der Waals surface area (Å²) in [4.78, 5) is 14.5. The average molecular weight is 367 g/mol. The number of methoxy groups -OCH3 is 1. The van der Waals surface area contributed by atoms with Crippen LogP contribution in [0.25, 0.3) is 0 Å². The molecule has 0 aliphatic heterocycles. The molecule has 0 saturated heterocycles. The van der Waals surface area contributed by atoms with Gasteiger partial charge in [0.05, 0.1) is 19.7 Å². The smallest absolute Gasteiger partial charge is 0.234 e. The Labute approximate surface area is 162 Å². The number of likely N-dealkylation sites (N-methyl/N-ethyl adjacent to an activating group) is 1. The van der Waals surface area contributed by atoms with Gasteiger partial charge in [-0.1, -0.05) is 36.4 Å². The summed E-state index contributed by atoms with van der Waals surface area (Å²) in [6.45, 7) is 3.08. The summed E-state index contributed by atoms with van der Waals surface area (Å²) in [5.41, 5.74) is 5.20. The first-order valence-electron chi connectivity index (χ1n) is 9.78. The zero-order chi connectivity index (χ0) is 19.2. The van der Waals surface area contributed by atoms with Crippen molar-refractivity contribution in [1.82, 2.24) is 10.2 Å². The maximum absolute atomic E-state index is 12.5. The first-order chi connectivity index (χ1) is 13.1. The molecule has 1 unspecified atom stereocenters. The Morgan fingerprint density at radius 2 is 1.89 bits per heavy atom. The second kappa shape index (κ2) is 9.05. The number of nitrogens with one attached hydrogen (secondary N) is 1. The molecule has 1 aliphatic rings. The second-order valence-corrected chi connectivity index (χ2v) is 7.51. The van der Waals surface area contributed by atoms with Crippen LogP contribution in [0.2, 0.25) is 0 Å². The number of benzene rings is 2. The van der Waals surface area contributed by atoms with Crippen molar-refractivity contribution >= 4 is 5.91 Å². The zero-order valence-electron chi connectivity index (χ0n) is 16.6. The van der Waals surface area contributed by atoms with E-state index < -0.39 is 0 Å². The van der Waals surface area contributed by atoms with Crippen molar-refractivity contribution in [3.8, 4) is 5.75 Å². The first kappa shape index (κ1) is 19.4. The lowest BCUT2D eigenvalue weighted by atomic mass is 9.89. The van der Waals surface area contributed by atoms with E-state index in [1.54, 1.807) is 7.11 Å². The van der Waals surface area contributed by atoms with Crippen LogP contribution in [0.1, 0.15) is 48.1 Å². The van der Waals surface area contributed by atoms with Gasteiger partial charge in [0.1, 0.15) is 5.75 Å². The van der Waals surface area contributed by atoms with Crippen molar-refractivity contribution in [2.75, 3.05) is 20.7 Å². The molecule has 1 amide bonds. The number of fused-ring (bicyclic) bond motifs is 1. The van der Waals surface area contributed by atoms with E-state index in [1.807, 2.05) is 36.2 Å². The largest absolute Gasteiger partial charge is 0.496 e. The van der Waals surface area contributed by atoms with Gasteiger partial charge in [0.2, 0.25) is 5.91 Å². The minimum absolute atomic E-state index is 0.0180. The fourth-order valence-electron chi connectivity index (χ4n) is 3.82. The van der Waals surface area contributed by atoms with Gasteiger partial charge in [0.25, 0.3) is 0 Å². The molecule has 0 heterocycles. The molecule has 0 aromatic heterocycles. The van der Waals surface area contributed by atoms with Gasteiger partial charge in [0, 0.05) is 12.1 Å². The number of amides is 1. The molecule has 1 aliphatic carbocycles. The highest BCUT2D eigenvalue weighted by atomic mass is 16.5. The van der Waals surface area contributed by atoms with Gasteiger partial charge in [0.15, 0.2) is 0 Å². The van der Waals surface area contributed by atoms with Crippen molar-refractivity contribution in [2.24, 2.45) is 0 Å². The number of para-hydroxylation sites is 1. The number of nitrogens with zero attached hydrogens (tertiary/aromatic N) is 1. The van der Waals surface area contributed by atoms with Gasteiger partial charge in [-0.25, -0.2) is 0 Å². The van der Waals surface area contributed by atoms with Crippen molar-refractivity contribution in [3.63, 3.8) is 0 Å². The molecule has 0 bridgehead atoms. The molecule has 144 valence electrons. The van der Waals surface area contributed by atoms with Gasteiger partial charge in [-0.2, -0.15) is 0 Å². The predicted molar refractivity (Wildman–Crippen MR) is 109 cm³/mol. The number of ether oxygens (including phenoxy) is 1. The minimum Gasteiger partial charge on any atom is -0.496 e. The molecule has 0 spiro atoms. The molecule has 1 atom stereocenters.